The maximum atomic E-state index is 11.5. The Hall–Kier alpha value is -1.91. The third-order valence-corrected chi connectivity index (χ3v) is 2.82. The molecule has 5 heteroatoms. The lowest BCUT2D eigenvalue weighted by Gasteiger charge is -2.27. The van der Waals surface area contributed by atoms with Crippen LogP contribution in [0.3, 0.4) is 0 Å². The summed E-state index contributed by atoms with van der Waals surface area (Å²) < 4.78 is 0. The molecule has 0 atom stereocenters. The normalized spacial score (nSPS) is 15.8. The zero-order valence-electron chi connectivity index (χ0n) is 9.77. The largest absolute Gasteiger partial charge is 0.364 e. The van der Waals surface area contributed by atoms with Crippen molar-refractivity contribution in [3.8, 4) is 0 Å². The van der Waals surface area contributed by atoms with Gasteiger partial charge < -0.3 is 10.2 Å². The number of carbonyl (C=O) groups excluding carboxylic acids is 2. The van der Waals surface area contributed by atoms with Crippen LogP contribution in [0.25, 0.3) is 0 Å². The Morgan fingerprint density at radius 3 is 3.06 bits per heavy atom. The molecule has 1 aromatic heterocycles. The number of hydrogen-bond donors (Lipinski definition) is 1. The van der Waals surface area contributed by atoms with Gasteiger partial charge in [-0.25, -0.2) is 0 Å². The Morgan fingerprint density at radius 2 is 2.35 bits per heavy atom. The van der Waals surface area contributed by atoms with Crippen LogP contribution in [0.2, 0.25) is 0 Å². The van der Waals surface area contributed by atoms with Crippen LogP contribution in [-0.4, -0.2) is 36.8 Å². The number of amides is 1. The summed E-state index contributed by atoms with van der Waals surface area (Å²) in [6.45, 7) is 1.28. The first kappa shape index (κ1) is 11.6. The summed E-state index contributed by atoms with van der Waals surface area (Å²) in [5.74, 6) is 0.0322. The maximum Gasteiger partial charge on any atom is 0.269 e. The van der Waals surface area contributed by atoms with E-state index in [1.165, 1.54) is 0 Å². The predicted molar refractivity (Wildman–Crippen MR) is 64.1 cm³/mol. The minimum atomic E-state index is -0.213. The molecule has 2 rings (SSSR count). The second-order valence-electron chi connectivity index (χ2n) is 4.04. The van der Waals surface area contributed by atoms with Crippen LogP contribution < -0.4 is 10.2 Å². The van der Waals surface area contributed by atoms with Gasteiger partial charge in [-0.15, -0.1) is 0 Å². The van der Waals surface area contributed by atoms with E-state index in [-0.39, 0.29) is 11.7 Å². The number of Topliss-reactive ketones (excluding diaryl/α,β-unsaturated/α-hetero) is 1. The summed E-state index contributed by atoms with van der Waals surface area (Å²) in [4.78, 5) is 28.8. The molecule has 0 radical (unpaired) electrons. The first-order chi connectivity index (χ1) is 8.20. The molecule has 1 aliphatic heterocycles. The van der Waals surface area contributed by atoms with Crippen LogP contribution in [0.5, 0.6) is 0 Å². The SMILES string of the molecule is CNC(=O)c1cc(N2CCCC(=O)C2)ccn1. The zero-order chi connectivity index (χ0) is 12.3. The summed E-state index contributed by atoms with van der Waals surface area (Å²) in [5, 5.41) is 2.53. The molecule has 1 N–H and O–H groups in total. The molecule has 1 aromatic rings. The first-order valence-corrected chi connectivity index (χ1v) is 5.65. The van der Waals surface area contributed by atoms with Crippen LogP contribution in [0.15, 0.2) is 18.3 Å². The smallest absolute Gasteiger partial charge is 0.269 e. The summed E-state index contributed by atoms with van der Waals surface area (Å²) in [5.41, 5.74) is 1.26. The van der Waals surface area contributed by atoms with E-state index >= 15 is 0 Å². The van der Waals surface area contributed by atoms with Gasteiger partial charge in [0.1, 0.15) is 5.69 Å². The monoisotopic (exact) mass is 233 g/mol. The predicted octanol–water partition coefficient (Wildman–Crippen LogP) is 0.610. The van der Waals surface area contributed by atoms with Crippen LogP contribution >= 0.6 is 0 Å². The van der Waals surface area contributed by atoms with Gasteiger partial charge in [-0.3, -0.25) is 14.6 Å². The number of pyridine rings is 1. The summed E-state index contributed by atoms with van der Waals surface area (Å²) >= 11 is 0. The first-order valence-electron chi connectivity index (χ1n) is 5.65. The van der Waals surface area contributed by atoms with Gasteiger partial charge in [0.25, 0.3) is 5.91 Å². The van der Waals surface area contributed by atoms with Gasteiger partial charge in [-0.05, 0) is 18.6 Å². The number of aromatic nitrogens is 1. The summed E-state index contributed by atoms with van der Waals surface area (Å²) in [6, 6.07) is 3.54. The fourth-order valence-corrected chi connectivity index (χ4v) is 1.93. The van der Waals surface area contributed by atoms with Gasteiger partial charge in [-0.1, -0.05) is 0 Å². The molecule has 1 saturated heterocycles. The lowest BCUT2D eigenvalue weighted by Crippen LogP contribution is -2.35. The van der Waals surface area contributed by atoms with Crippen molar-refractivity contribution >= 4 is 17.4 Å². The van der Waals surface area contributed by atoms with Crippen molar-refractivity contribution in [2.75, 3.05) is 25.0 Å². The third-order valence-electron chi connectivity index (χ3n) is 2.82. The van der Waals surface area contributed by atoms with E-state index in [1.807, 2.05) is 11.0 Å². The minimum absolute atomic E-state index is 0.213. The van der Waals surface area contributed by atoms with Crippen molar-refractivity contribution in [1.82, 2.24) is 10.3 Å². The topological polar surface area (TPSA) is 62.3 Å². The molecule has 1 aliphatic rings. The van der Waals surface area contributed by atoms with E-state index in [4.69, 9.17) is 0 Å². The van der Waals surface area contributed by atoms with Crippen LogP contribution in [-0.2, 0) is 4.79 Å². The maximum absolute atomic E-state index is 11.5. The summed E-state index contributed by atoms with van der Waals surface area (Å²) in [6.07, 6.45) is 3.12. The number of hydrogen-bond acceptors (Lipinski definition) is 4. The fourth-order valence-electron chi connectivity index (χ4n) is 1.93. The van der Waals surface area contributed by atoms with Crippen molar-refractivity contribution in [3.05, 3.63) is 24.0 Å². The van der Waals surface area contributed by atoms with Gasteiger partial charge >= 0.3 is 0 Å². The molecule has 5 nitrogen and oxygen atoms in total. The Labute approximate surface area is 99.8 Å². The van der Waals surface area contributed by atoms with E-state index < -0.39 is 0 Å². The lowest BCUT2D eigenvalue weighted by molar-refractivity contribution is -0.118. The number of nitrogens with one attached hydrogen (secondary N) is 1. The molecule has 1 amide bonds. The number of rotatable bonds is 2. The second-order valence-corrected chi connectivity index (χ2v) is 4.04. The van der Waals surface area contributed by atoms with Gasteiger partial charge in [0.15, 0.2) is 5.78 Å². The van der Waals surface area contributed by atoms with Crippen molar-refractivity contribution in [3.63, 3.8) is 0 Å². The Morgan fingerprint density at radius 1 is 1.53 bits per heavy atom. The minimum Gasteiger partial charge on any atom is -0.364 e. The number of anilines is 1. The molecule has 0 spiro atoms. The van der Waals surface area contributed by atoms with Crippen molar-refractivity contribution in [2.45, 2.75) is 12.8 Å². The van der Waals surface area contributed by atoms with Crippen molar-refractivity contribution in [2.24, 2.45) is 0 Å². The highest BCUT2D eigenvalue weighted by molar-refractivity contribution is 5.93. The van der Waals surface area contributed by atoms with Gasteiger partial charge in [0.2, 0.25) is 0 Å². The fraction of sp³-hybridized carbons (Fsp3) is 0.417. The molecule has 0 bridgehead atoms. The molecule has 17 heavy (non-hydrogen) atoms. The highest BCUT2D eigenvalue weighted by Crippen LogP contribution is 2.18. The van der Waals surface area contributed by atoms with Crippen molar-refractivity contribution in [1.29, 1.82) is 0 Å². The highest BCUT2D eigenvalue weighted by Gasteiger charge is 2.18. The van der Waals surface area contributed by atoms with Gasteiger partial charge in [0, 0.05) is 31.9 Å². The third kappa shape index (κ3) is 2.61. The molecular weight excluding hydrogens is 218 g/mol. The Bertz CT molecular complexity index is 445. The molecule has 0 unspecified atom stereocenters. The van der Waals surface area contributed by atoms with E-state index in [0.29, 0.717) is 18.7 Å². The summed E-state index contributed by atoms with van der Waals surface area (Å²) in [7, 11) is 1.57. The standard InChI is InChI=1S/C12H15N3O2/c1-13-12(17)11-7-9(4-5-14-11)15-6-2-3-10(16)8-15/h4-5,7H,2-3,6,8H2,1H3,(H,13,17). The van der Waals surface area contributed by atoms with Crippen LogP contribution in [0.4, 0.5) is 5.69 Å². The molecule has 90 valence electrons. The average Bonchev–Trinajstić information content (AvgIpc) is 2.38. The zero-order valence-corrected chi connectivity index (χ0v) is 9.77. The van der Waals surface area contributed by atoms with Crippen molar-refractivity contribution < 1.29 is 9.59 Å². The second kappa shape index (κ2) is 4.95. The van der Waals surface area contributed by atoms with Gasteiger partial charge in [-0.2, -0.15) is 0 Å². The molecule has 0 aromatic carbocycles. The van der Waals surface area contributed by atoms with E-state index in [0.717, 1.165) is 18.7 Å². The average molecular weight is 233 g/mol. The number of carbonyl (C=O) groups is 2. The number of nitrogens with zero attached hydrogens (tertiary/aromatic N) is 2. The number of ketones is 1. The molecular formula is C12H15N3O2. The van der Waals surface area contributed by atoms with E-state index in [1.54, 1.807) is 19.3 Å². The molecule has 0 saturated carbocycles. The van der Waals surface area contributed by atoms with E-state index in [2.05, 4.69) is 10.3 Å². The molecule has 0 aliphatic carbocycles. The lowest BCUT2D eigenvalue weighted by atomic mass is 10.1. The Kier molecular flexibility index (Phi) is 3.37. The van der Waals surface area contributed by atoms with E-state index in [9.17, 15) is 9.59 Å². The highest BCUT2D eigenvalue weighted by atomic mass is 16.1. The molecule has 2 heterocycles. The Balaban J connectivity index is 2.20. The van der Waals surface area contributed by atoms with Crippen LogP contribution in [0, 0.1) is 0 Å². The quantitative estimate of drug-likeness (QED) is 0.813. The van der Waals surface area contributed by atoms with Gasteiger partial charge in [0.05, 0.1) is 6.54 Å². The number of piperidine rings is 1. The van der Waals surface area contributed by atoms with Crippen LogP contribution in [0.1, 0.15) is 23.3 Å². The molecule has 1 fully saturated rings.